The van der Waals surface area contributed by atoms with Gasteiger partial charge < -0.3 is 14.4 Å². The number of hydrogen-bond acceptors (Lipinski definition) is 4. The number of benzene rings is 1. The van der Waals surface area contributed by atoms with Gasteiger partial charge in [0.15, 0.2) is 0 Å². The smallest absolute Gasteiger partial charge is 0.272 e. The molecule has 3 rings (SSSR count). The summed E-state index contributed by atoms with van der Waals surface area (Å²) in [4.78, 5) is 19.0. The fourth-order valence-electron chi connectivity index (χ4n) is 2.97. The number of likely N-dealkylation sites (tertiary alicyclic amines) is 1. The molecule has 0 radical (unpaired) electrons. The number of nitrogens with zero attached hydrogens (tertiary/aromatic N) is 2. The van der Waals surface area contributed by atoms with Gasteiger partial charge in [-0.05, 0) is 44.0 Å². The van der Waals surface area contributed by atoms with Crippen molar-refractivity contribution in [1.29, 1.82) is 0 Å². The van der Waals surface area contributed by atoms with Gasteiger partial charge in [0.2, 0.25) is 0 Å². The van der Waals surface area contributed by atoms with E-state index in [9.17, 15) is 4.79 Å². The average molecular weight is 314 g/mol. The van der Waals surface area contributed by atoms with E-state index in [1.807, 2.05) is 36.1 Å². The van der Waals surface area contributed by atoms with Crippen LogP contribution in [0.4, 0.5) is 0 Å². The summed E-state index contributed by atoms with van der Waals surface area (Å²) in [6, 6.07) is 9.37. The molecule has 0 N–H and O–H groups in total. The second kappa shape index (κ2) is 6.96. The van der Waals surface area contributed by atoms with E-state index in [1.54, 1.807) is 13.2 Å². The van der Waals surface area contributed by atoms with Gasteiger partial charge in [-0.25, -0.2) is 4.98 Å². The molecule has 23 heavy (non-hydrogen) atoms. The zero-order valence-corrected chi connectivity index (χ0v) is 13.6. The Labute approximate surface area is 136 Å². The van der Waals surface area contributed by atoms with Gasteiger partial charge in [0.25, 0.3) is 5.91 Å². The molecule has 1 amide bonds. The zero-order valence-electron chi connectivity index (χ0n) is 13.6. The van der Waals surface area contributed by atoms with Crippen LogP contribution >= 0.6 is 0 Å². The van der Waals surface area contributed by atoms with Gasteiger partial charge >= 0.3 is 0 Å². The largest absolute Gasteiger partial charge is 0.497 e. The highest BCUT2D eigenvalue weighted by atomic mass is 16.5. The molecule has 1 saturated heterocycles. The summed E-state index contributed by atoms with van der Waals surface area (Å²) in [5.74, 6) is 0.786. The first kappa shape index (κ1) is 15.7. The minimum absolute atomic E-state index is 0.00216. The maximum absolute atomic E-state index is 12.6. The quantitative estimate of drug-likeness (QED) is 0.871. The number of piperidine rings is 1. The Morgan fingerprint density at radius 3 is 2.74 bits per heavy atom. The van der Waals surface area contributed by atoms with Crippen molar-refractivity contribution < 1.29 is 14.3 Å². The predicted octanol–water partition coefficient (Wildman–Crippen LogP) is 2.88. The van der Waals surface area contributed by atoms with Crippen LogP contribution in [0.5, 0.6) is 5.75 Å². The molecule has 1 aromatic carbocycles. The van der Waals surface area contributed by atoms with Gasteiger partial charge in [0.05, 0.1) is 18.7 Å². The number of carbonyl (C=O) groups excluding carboxylic acids is 1. The lowest BCUT2D eigenvalue weighted by Crippen LogP contribution is -2.41. The second-order valence-corrected chi connectivity index (χ2v) is 5.70. The summed E-state index contributed by atoms with van der Waals surface area (Å²) in [6.07, 6.45) is 2.07. The van der Waals surface area contributed by atoms with E-state index in [0.29, 0.717) is 5.69 Å². The monoisotopic (exact) mass is 314 g/mol. The van der Waals surface area contributed by atoms with Gasteiger partial charge in [-0.2, -0.15) is 0 Å². The van der Waals surface area contributed by atoms with Crippen LogP contribution in [0.1, 0.15) is 30.3 Å². The molecule has 1 aromatic heterocycles. The Balaban J connectivity index is 1.74. The van der Waals surface area contributed by atoms with Gasteiger partial charge in [0, 0.05) is 25.1 Å². The first-order valence-corrected chi connectivity index (χ1v) is 8.07. The molecular formula is C18H22N2O3. The maximum atomic E-state index is 12.6. The van der Waals surface area contributed by atoms with Crippen molar-refractivity contribution >= 4 is 16.8 Å². The van der Waals surface area contributed by atoms with Crippen LogP contribution in [0.15, 0.2) is 30.3 Å². The Morgan fingerprint density at radius 2 is 2.04 bits per heavy atom. The summed E-state index contributed by atoms with van der Waals surface area (Å²) in [6.45, 7) is 4.19. The first-order chi connectivity index (χ1) is 11.2. The molecule has 2 aromatic rings. The number of methoxy groups -OCH3 is 1. The number of pyridine rings is 1. The Kier molecular flexibility index (Phi) is 4.76. The number of carbonyl (C=O) groups is 1. The van der Waals surface area contributed by atoms with Crippen molar-refractivity contribution in [3.05, 3.63) is 36.0 Å². The molecular weight excluding hydrogens is 292 g/mol. The van der Waals surface area contributed by atoms with Crippen LogP contribution in [0.3, 0.4) is 0 Å². The van der Waals surface area contributed by atoms with E-state index >= 15 is 0 Å². The summed E-state index contributed by atoms with van der Waals surface area (Å²) >= 11 is 0. The van der Waals surface area contributed by atoms with E-state index in [2.05, 4.69) is 4.98 Å². The van der Waals surface area contributed by atoms with Gasteiger partial charge in [-0.3, -0.25) is 4.79 Å². The highest BCUT2D eigenvalue weighted by Gasteiger charge is 2.24. The van der Waals surface area contributed by atoms with Gasteiger partial charge in [-0.1, -0.05) is 6.07 Å². The third kappa shape index (κ3) is 3.45. The molecule has 1 aliphatic heterocycles. The van der Waals surface area contributed by atoms with E-state index in [4.69, 9.17) is 9.47 Å². The van der Waals surface area contributed by atoms with Crippen molar-refractivity contribution in [1.82, 2.24) is 9.88 Å². The summed E-state index contributed by atoms with van der Waals surface area (Å²) < 4.78 is 10.8. The highest BCUT2D eigenvalue weighted by molar-refractivity contribution is 5.95. The fraction of sp³-hybridized carbons (Fsp3) is 0.444. The van der Waals surface area contributed by atoms with Gasteiger partial charge in [0.1, 0.15) is 11.4 Å². The molecule has 122 valence electrons. The lowest BCUT2D eigenvalue weighted by molar-refractivity contribution is 0.0144. The van der Waals surface area contributed by atoms with Crippen LogP contribution in [-0.2, 0) is 4.74 Å². The normalized spacial score (nSPS) is 15.8. The molecule has 0 spiro atoms. The number of fused-ring (bicyclic) bond motifs is 1. The SMILES string of the molecule is CCOC1CCN(C(=O)c2ccc3cc(OC)ccc3n2)CC1. The topological polar surface area (TPSA) is 51.7 Å². The van der Waals surface area contributed by atoms with Crippen molar-refractivity contribution in [2.24, 2.45) is 0 Å². The molecule has 2 heterocycles. The van der Waals surface area contributed by atoms with E-state index < -0.39 is 0 Å². The standard InChI is InChI=1S/C18H22N2O3/c1-3-23-14-8-10-20(11-9-14)18(21)17-6-4-13-12-15(22-2)5-7-16(13)19-17/h4-7,12,14H,3,8-11H2,1-2H3. The lowest BCUT2D eigenvalue weighted by Gasteiger charge is -2.31. The van der Waals surface area contributed by atoms with Crippen molar-refractivity contribution in [2.75, 3.05) is 26.8 Å². The van der Waals surface area contributed by atoms with E-state index in [-0.39, 0.29) is 12.0 Å². The first-order valence-electron chi connectivity index (χ1n) is 8.07. The second-order valence-electron chi connectivity index (χ2n) is 5.70. The fourth-order valence-corrected chi connectivity index (χ4v) is 2.97. The molecule has 0 saturated carbocycles. The average Bonchev–Trinajstić information content (AvgIpc) is 2.61. The summed E-state index contributed by atoms with van der Waals surface area (Å²) in [5.41, 5.74) is 1.30. The molecule has 5 heteroatoms. The van der Waals surface area contributed by atoms with Crippen molar-refractivity contribution in [3.63, 3.8) is 0 Å². The van der Waals surface area contributed by atoms with E-state index in [1.165, 1.54) is 0 Å². The van der Waals surface area contributed by atoms with Crippen LogP contribution in [0.25, 0.3) is 10.9 Å². The van der Waals surface area contributed by atoms with Crippen LogP contribution in [0.2, 0.25) is 0 Å². The molecule has 0 aliphatic carbocycles. The van der Waals surface area contributed by atoms with Crippen LogP contribution in [-0.4, -0.2) is 48.7 Å². The van der Waals surface area contributed by atoms with Crippen LogP contribution in [0, 0.1) is 0 Å². The minimum Gasteiger partial charge on any atom is -0.497 e. The third-order valence-corrected chi connectivity index (χ3v) is 4.25. The number of rotatable bonds is 4. The summed E-state index contributed by atoms with van der Waals surface area (Å²) in [5, 5.41) is 0.968. The Hall–Kier alpha value is -2.14. The van der Waals surface area contributed by atoms with Crippen LogP contribution < -0.4 is 4.74 Å². The molecule has 5 nitrogen and oxygen atoms in total. The zero-order chi connectivity index (χ0) is 16.2. The molecule has 0 bridgehead atoms. The van der Waals surface area contributed by atoms with E-state index in [0.717, 1.165) is 49.2 Å². The molecule has 0 atom stereocenters. The molecule has 1 aliphatic rings. The predicted molar refractivity (Wildman–Crippen MR) is 88.8 cm³/mol. The summed E-state index contributed by atoms with van der Waals surface area (Å²) in [7, 11) is 1.64. The lowest BCUT2D eigenvalue weighted by atomic mass is 10.1. The number of ether oxygens (including phenoxy) is 2. The number of aromatic nitrogens is 1. The Bertz CT molecular complexity index is 694. The van der Waals surface area contributed by atoms with Crippen molar-refractivity contribution in [2.45, 2.75) is 25.9 Å². The van der Waals surface area contributed by atoms with Gasteiger partial charge in [-0.15, -0.1) is 0 Å². The Morgan fingerprint density at radius 1 is 1.26 bits per heavy atom. The molecule has 1 fully saturated rings. The number of amides is 1. The third-order valence-electron chi connectivity index (χ3n) is 4.25. The highest BCUT2D eigenvalue weighted by Crippen LogP contribution is 2.21. The minimum atomic E-state index is -0.00216. The maximum Gasteiger partial charge on any atom is 0.272 e. The number of hydrogen-bond donors (Lipinski definition) is 0. The molecule has 0 unspecified atom stereocenters. The van der Waals surface area contributed by atoms with Crippen molar-refractivity contribution in [3.8, 4) is 5.75 Å².